The number of unbranched alkanes of at least 4 members (excludes halogenated alkanes) is 3. The van der Waals surface area contributed by atoms with Crippen LogP contribution in [0.1, 0.15) is 38.2 Å². The molecule has 0 radical (unpaired) electrons. The van der Waals surface area contributed by atoms with E-state index in [4.69, 9.17) is 8.85 Å². The maximum atomic E-state index is 12.8. The fourth-order valence-corrected chi connectivity index (χ4v) is 4.78. The van der Waals surface area contributed by atoms with Crippen molar-refractivity contribution in [2.75, 3.05) is 14.2 Å². The molecule has 0 heterocycles. The summed E-state index contributed by atoms with van der Waals surface area (Å²) in [6, 6.07) is 8.91. The fourth-order valence-electron chi connectivity index (χ4n) is 2.48. The standard InChI is InChI=1S/C16H27FO2Si/c1-4-20(18-2,19-3)14-8-6-5-7-9-15-10-12-16(17)13-11-15/h10-13H,4-9,14H2,1-3H3. The zero-order valence-electron chi connectivity index (χ0n) is 13.0. The third kappa shape index (κ3) is 5.73. The molecule has 1 rings (SSSR count). The second-order valence-corrected chi connectivity index (χ2v) is 9.06. The lowest BCUT2D eigenvalue weighted by atomic mass is 10.1. The van der Waals surface area contributed by atoms with Crippen molar-refractivity contribution in [3.05, 3.63) is 35.6 Å². The predicted molar refractivity (Wildman–Crippen MR) is 83.6 cm³/mol. The van der Waals surface area contributed by atoms with Crippen LogP contribution in [0.3, 0.4) is 0 Å². The van der Waals surface area contributed by atoms with Crippen LogP contribution in [0.15, 0.2) is 24.3 Å². The first-order valence-electron chi connectivity index (χ1n) is 7.50. The van der Waals surface area contributed by atoms with Crippen molar-refractivity contribution in [1.29, 1.82) is 0 Å². The van der Waals surface area contributed by atoms with Gasteiger partial charge in [0.05, 0.1) is 0 Å². The maximum absolute atomic E-state index is 12.8. The summed E-state index contributed by atoms with van der Waals surface area (Å²) in [4.78, 5) is 0. The molecule has 0 atom stereocenters. The second-order valence-electron chi connectivity index (χ2n) is 5.21. The topological polar surface area (TPSA) is 18.5 Å². The molecule has 0 aliphatic heterocycles. The zero-order valence-corrected chi connectivity index (χ0v) is 14.0. The summed E-state index contributed by atoms with van der Waals surface area (Å²) in [5.41, 5.74) is 1.22. The van der Waals surface area contributed by atoms with Crippen LogP contribution >= 0.6 is 0 Å². The van der Waals surface area contributed by atoms with E-state index < -0.39 is 8.56 Å². The van der Waals surface area contributed by atoms with Crippen molar-refractivity contribution in [3.63, 3.8) is 0 Å². The molecular formula is C16H27FO2Si. The highest BCUT2D eigenvalue weighted by Gasteiger charge is 2.32. The number of hydrogen-bond acceptors (Lipinski definition) is 2. The monoisotopic (exact) mass is 298 g/mol. The Morgan fingerprint density at radius 1 is 0.950 bits per heavy atom. The minimum absolute atomic E-state index is 0.159. The molecule has 0 aliphatic carbocycles. The van der Waals surface area contributed by atoms with Crippen molar-refractivity contribution in [2.45, 2.75) is 51.1 Å². The van der Waals surface area contributed by atoms with E-state index in [2.05, 4.69) is 6.92 Å². The lowest BCUT2D eigenvalue weighted by Gasteiger charge is -2.25. The molecule has 0 unspecified atom stereocenters. The summed E-state index contributed by atoms with van der Waals surface area (Å²) in [6.07, 6.45) is 5.78. The first-order chi connectivity index (χ1) is 9.65. The molecule has 114 valence electrons. The van der Waals surface area contributed by atoms with Crippen molar-refractivity contribution in [3.8, 4) is 0 Å². The molecule has 0 amide bonds. The van der Waals surface area contributed by atoms with Crippen molar-refractivity contribution < 1.29 is 13.2 Å². The van der Waals surface area contributed by atoms with E-state index in [9.17, 15) is 4.39 Å². The lowest BCUT2D eigenvalue weighted by Crippen LogP contribution is -2.38. The van der Waals surface area contributed by atoms with Gasteiger partial charge in [0.1, 0.15) is 5.82 Å². The van der Waals surface area contributed by atoms with E-state index in [1.165, 1.54) is 37.0 Å². The number of rotatable bonds is 10. The van der Waals surface area contributed by atoms with Gasteiger partial charge in [0.25, 0.3) is 0 Å². The van der Waals surface area contributed by atoms with Gasteiger partial charge in [-0.3, -0.25) is 0 Å². The van der Waals surface area contributed by atoms with Crippen LogP contribution in [0.4, 0.5) is 4.39 Å². The molecule has 0 saturated carbocycles. The van der Waals surface area contributed by atoms with Gasteiger partial charge in [0.2, 0.25) is 0 Å². The average Bonchev–Trinajstić information content (AvgIpc) is 2.49. The van der Waals surface area contributed by atoms with Gasteiger partial charge in [-0.25, -0.2) is 4.39 Å². The van der Waals surface area contributed by atoms with Gasteiger partial charge in [-0.1, -0.05) is 38.3 Å². The Hall–Kier alpha value is -0.713. The molecule has 0 spiro atoms. The highest BCUT2D eigenvalue weighted by molar-refractivity contribution is 6.67. The third-order valence-corrected chi connectivity index (χ3v) is 7.65. The molecule has 1 aromatic rings. The van der Waals surface area contributed by atoms with Crippen LogP contribution in [0.5, 0.6) is 0 Å². The van der Waals surface area contributed by atoms with Crippen molar-refractivity contribution in [1.82, 2.24) is 0 Å². The minimum atomic E-state index is -1.89. The Balaban J connectivity index is 2.14. The third-order valence-electron chi connectivity index (χ3n) is 3.97. The van der Waals surface area contributed by atoms with Gasteiger partial charge in [-0.2, -0.15) is 0 Å². The largest absolute Gasteiger partial charge is 0.398 e. The Bertz CT molecular complexity index is 355. The molecule has 4 heteroatoms. The van der Waals surface area contributed by atoms with E-state index >= 15 is 0 Å². The van der Waals surface area contributed by atoms with Crippen LogP contribution in [0.2, 0.25) is 12.1 Å². The summed E-state index contributed by atoms with van der Waals surface area (Å²) in [7, 11) is 1.65. The van der Waals surface area contributed by atoms with E-state index in [0.717, 1.165) is 24.9 Å². The SMILES string of the molecule is CC[Si](CCCCCCc1ccc(F)cc1)(OC)OC. The molecule has 0 saturated heterocycles. The number of halogens is 1. The molecule has 0 N–H and O–H groups in total. The Kier molecular flexibility index (Phi) is 8.03. The maximum Gasteiger partial charge on any atom is 0.337 e. The minimum Gasteiger partial charge on any atom is -0.398 e. The summed E-state index contributed by atoms with van der Waals surface area (Å²) in [5.74, 6) is -0.159. The van der Waals surface area contributed by atoms with Gasteiger partial charge >= 0.3 is 8.56 Å². The van der Waals surface area contributed by atoms with Gasteiger partial charge in [-0.15, -0.1) is 0 Å². The highest BCUT2D eigenvalue weighted by Crippen LogP contribution is 2.21. The molecule has 0 bridgehead atoms. The van der Waals surface area contributed by atoms with E-state index in [1.54, 1.807) is 14.2 Å². The molecule has 0 fully saturated rings. The van der Waals surface area contributed by atoms with Crippen LogP contribution < -0.4 is 0 Å². The van der Waals surface area contributed by atoms with E-state index in [0.29, 0.717) is 0 Å². The first kappa shape index (κ1) is 17.3. The zero-order chi connectivity index (χ0) is 14.8. The summed E-state index contributed by atoms with van der Waals surface area (Å²) >= 11 is 0. The molecule has 1 aromatic carbocycles. The predicted octanol–water partition coefficient (Wildman–Crippen LogP) is 4.68. The Labute approximate surface area is 123 Å². The highest BCUT2D eigenvalue weighted by atomic mass is 28.4. The van der Waals surface area contributed by atoms with Gasteiger partial charge in [0, 0.05) is 14.2 Å². The van der Waals surface area contributed by atoms with E-state index in [1.807, 2.05) is 12.1 Å². The van der Waals surface area contributed by atoms with Crippen LogP contribution in [0.25, 0.3) is 0 Å². The summed E-state index contributed by atoms with van der Waals surface area (Å²) in [5, 5.41) is 0. The second kappa shape index (κ2) is 9.26. The number of aryl methyl sites for hydroxylation is 1. The molecule has 0 aliphatic rings. The van der Waals surface area contributed by atoms with Crippen molar-refractivity contribution >= 4 is 8.56 Å². The Morgan fingerprint density at radius 2 is 1.55 bits per heavy atom. The van der Waals surface area contributed by atoms with Gasteiger partial charge in [0.15, 0.2) is 0 Å². The first-order valence-corrected chi connectivity index (χ1v) is 9.73. The lowest BCUT2D eigenvalue weighted by molar-refractivity contribution is 0.241. The van der Waals surface area contributed by atoms with Crippen LogP contribution in [-0.2, 0) is 15.3 Å². The Morgan fingerprint density at radius 3 is 2.10 bits per heavy atom. The number of benzene rings is 1. The summed E-state index contributed by atoms with van der Waals surface area (Å²) in [6.45, 7) is 2.15. The smallest absolute Gasteiger partial charge is 0.337 e. The molecule has 20 heavy (non-hydrogen) atoms. The van der Waals surface area contributed by atoms with Crippen LogP contribution in [-0.4, -0.2) is 22.8 Å². The van der Waals surface area contributed by atoms with E-state index in [-0.39, 0.29) is 5.82 Å². The molecule has 2 nitrogen and oxygen atoms in total. The molecule has 0 aromatic heterocycles. The molecular weight excluding hydrogens is 271 g/mol. The quantitative estimate of drug-likeness (QED) is 0.461. The number of hydrogen-bond donors (Lipinski definition) is 0. The normalized spacial score (nSPS) is 11.8. The van der Waals surface area contributed by atoms with Gasteiger partial charge in [-0.05, 0) is 42.6 Å². The van der Waals surface area contributed by atoms with Gasteiger partial charge < -0.3 is 8.85 Å². The fraction of sp³-hybridized carbons (Fsp3) is 0.625. The summed E-state index contributed by atoms with van der Waals surface area (Å²) < 4.78 is 24.0. The van der Waals surface area contributed by atoms with Crippen LogP contribution in [0, 0.1) is 5.82 Å². The van der Waals surface area contributed by atoms with Crippen molar-refractivity contribution in [2.24, 2.45) is 0 Å². The average molecular weight is 298 g/mol.